The first-order valence-corrected chi connectivity index (χ1v) is 6.94. The fourth-order valence-electron chi connectivity index (χ4n) is 2.03. The third-order valence-electron chi connectivity index (χ3n) is 3.15. The van der Waals surface area contributed by atoms with Gasteiger partial charge in [-0.1, -0.05) is 29.8 Å². The summed E-state index contributed by atoms with van der Waals surface area (Å²) in [6.07, 6.45) is 1.17. The highest BCUT2D eigenvalue weighted by molar-refractivity contribution is 6.02. The normalized spacial score (nSPS) is 11.0. The maximum Gasteiger partial charge on any atom is 0.352 e. The summed E-state index contributed by atoms with van der Waals surface area (Å²) in [6, 6.07) is 12.2. The summed E-state index contributed by atoms with van der Waals surface area (Å²) in [5.74, 6) is -1.92. The van der Waals surface area contributed by atoms with Crippen molar-refractivity contribution >= 4 is 23.6 Å². The van der Waals surface area contributed by atoms with Gasteiger partial charge < -0.3 is 10.4 Å². The van der Waals surface area contributed by atoms with Crippen LogP contribution in [0, 0.1) is 17.0 Å². The van der Waals surface area contributed by atoms with Gasteiger partial charge in [0.05, 0.1) is 4.92 Å². The lowest BCUT2D eigenvalue weighted by atomic mass is 10.1. The molecule has 0 spiro atoms. The van der Waals surface area contributed by atoms with E-state index in [2.05, 4.69) is 5.32 Å². The van der Waals surface area contributed by atoms with Crippen LogP contribution in [0.25, 0.3) is 6.08 Å². The summed E-state index contributed by atoms with van der Waals surface area (Å²) >= 11 is 0. The van der Waals surface area contributed by atoms with Crippen molar-refractivity contribution in [1.82, 2.24) is 5.32 Å². The van der Waals surface area contributed by atoms with Gasteiger partial charge in [0, 0.05) is 17.7 Å². The van der Waals surface area contributed by atoms with Crippen molar-refractivity contribution in [2.45, 2.75) is 6.92 Å². The van der Waals surface area contributed by atoms with Crippen LogP contribution in [0.4, 0.5) is 5.69 Å². The zero-order valence-electron chi connectivity index (χ0n) is 12.7. The molecule has 0 aliphatic rings. The van der Waals surface area contributed by atoms with E-state index in [0.717, 1.165) is 5.56 Å². The van der Waals surface area contributed by atoms with Crippen molar-refractivity contribution in [2.24, 2.45) is 0 Å². The summed E-state index contributed by atoms with van der Waals surface area (Å²) in [5, 5.41) is 22.3. The molecule has 2 aromatic carbocycles. The molecule has 0 unspecified atom stereocenters. The number of nitrogens with zero attached hydrogens (tertiary/aromatic N) is 1. The lowest BCUT2D eigenvalue weighted by Gasteiger charge is -2.07. The van der Waals surface area contributed by atoms with E-state index < -0.39 is 16.8 Å². The van der Waals surface area contributed by atoms with E-state index in [-0.39, 0.29) is 11.4 Å². The third-order valence-corrected chi connectivity index (χ3v) is 3.15. The van der Waals surface area contributed by atoms with Crippen molar-refractivity contribution in [3.63, 3.8) is 0 Å². The third kappa shape index (κ3) is 4.26. The molecule has 0 bridgehead atoms. The minimum Gasteiger partial charge on any atom is -0.477 e. The van der Waals surface area contributed by atoms with E-state index in [0.29, 0.717) is 11.1 Å². The number of carbonyl (C=O) groups is 2. The highest BCUT2D eigenvalue weighted by Gasteiger charge is 2.14. The second-order valence-electron chi connectivity index (χ2n) is 5.04. The Labute approximate surface area is 137 Å². The number of nitro groups is 1. The van der Waals surface area contributed by atoms with E-state index in [1.165, 1.54) is 30.3 Å². The number of amides is 1. The first kappa shape index (κ1) is 16.9. The fraction of sp³-hybridized carbons (Fsp3) is 0.0588. The Morgan fingerprint density at radius 3 is 2.50 bits per heavy atom. The Kier molecular flexibility index (Phi) is 5.06. The average Bonchev–Trinajstić information content (AvgIpc) is 2.54. The molecule has 2 rings (SSSR count). The Balaban J connectivity index is 2.29. The van der Waals surface area contributed by atoms with Gasteiger partial charge in [0.25, 0.3) is 11.6 Å². The second kappa shape index (κ2) is 7.19. The van der Waals surface area contributed by atoms with Crippen LogP contribution in [0.3, 0.4) is 0 Å². The summed E-state index contributed by atoms with van der Waals surface area (Å²) in [6.45, 7) is 1.81. The SMILES string of the molecule is Cc1cccc(C(=O)NC(=Cc2cccc([N+](=O)[O-])c2)C(=O)O)c1. The predicted octanol–water partition coefficient (Wildman–Crippen LogP) is 2.76. The van der Waals surface area contributed by atoms with E-state index in [4.69, 9.17) is 0 Å². The molecule has 122 valence electrons. The molecule has 0 aliphatic carbocycles. The van der Waals surface area contributed by atoms with Crippen molar-refractivity contribution in [3.8, 4) is 0 Å². The first-order chi connectivity index (χ1) is 11.4. The number of rotatable bonds is 5. The first-order valence-electron chi connectivity index (χ1n) is 6.94. The largest absolute Gasteiger partial charge is 0.477 e. The van der Waals surface area contributed by atoms with Crippen LogP contribution in [-0.2, 0) is 4.79 Å². The highest BCUT2D eigenvalue weighted by Crippen LogP contribution is 2.15. The molecule has 2 aromatic rings. The number of carboxylic acids is 1. The molecule has 0 aromatic heterocycles. The van der Waals surface area contributed by atoms with Gasteiger partial charge in [-0.05, 0) is 30.7 Å². The number of aryl methyl sites for hydroxylation is 1. The van der Waals surface area contributed by atoms with Gasteiger partial charge in [-0.3, -0.25) is 14.9 Å². The van der Waals surface area contributed by atoms with Crippen molar-refractivity contribution in [2.75, 3.05) is 0 Å². The average molecular weight is 326 g/mol. The zero-order valence-corrected chi connectivity index (χ0v) is 12.7. The Bertz CT molecular complexity index is 842. The van der Waals surface area contributed by atoms with Gasteiger partial charge in [-0.25, -0.2) is 4.79 Å². The molecular weight excluding hydrogens is 312 g/mol. The number of non-ortho nitro benzene ring substituents is 1. The Hall–Kier alpha value is -3.48. The molecule has 0 saturated heterocycles. The number of carboxylic acid groups (broad SMARTS) is 1. The fourth-order valence-corrected chi connectivity index (χ4v) is 2.03. The molecule has 0 heterocycles. The highest BCUT2D eigenvalue weighted by atomic mass is 16.6. The van der Waals surface area contributed by atoms with Crippen LogP contribution in [0.5, 0.6) is 0 Å². The minimum absolute atomic E-state index is 0.168. The van der Waals surface area contributed by atoms with Crippen LogP contribution >= 0.6 is 0 Å². The smallest absolute Gasteiger partial charge is 0.352 e. The van der Waals surface area contributed by atoms with Gasteiger partial charge in [0.15, 0.2) is 0 Å². The Morgan fingerprint density at radius 2 is 1.88 bits per heavy atom. The molecule has 7 heteroatoms. The van der Waals surface area contributed by atoms with Crippen LogP contribution in [0.1, 0.15) is 21.5 Å². The predicted molar refractivity (Wildman–Crippen MR) is 87.4 cm³/mol. The number of benzene rings is 2. The van der Waals surface area contributed by atoms with Crippen LogP contribution in [-0.4, -0.2) is 21.9 Å². The van der Waals surface area contributed by atoms with Crippen LogP contribution < -0.4 is 5.32 Å². The van der Waals surface area contributed by atoms with Gasteiger partial charge in [0.1, 0.15) is 5.70 Å². The molecular formula is C17H14N2O5. The van der Waals surface area contributed by atoms with Crippen molar-refractivity contribution in [1.29, 1.82) is 0 Å². The molecule has 0 aliphatic heterocycles. The summed E-state index contributed by atoms with van der Waals surface area (Å²) in [4.78, 5) is 33.7. The number of hydrogen-bond donors (Lipinski definition) is 2. The minimum atomic E-state index is -1.34. The summed E-state index contributed by atoms with van der Waals surface area (Å²) < 4.78 is 0. The molecule has 7 nitrogen and oxygen atoms in total. The van der Waals surface area contributed by atoms with Gasteiger partial charge in [0.2, 0.25) is 0 Å². The number of aliphatic carboxylic acids is 1. The van der Waals surface area contributed by atoms with E-state index in [1.54, 1.807) is 18.2 Å². The summed E-state index contributed by atoms with van der Waals surface area (Å²) in [5.41, 5.74) is 0.940. The monoisotopic (exact) mass is 326 g/mol. The van der Waals surface area contributed by atoms with Gasteiger partial charge in [-0.2, -0.15) is 0 Å². The molecule has 0 radical (unpaired) electrons. The lowest BCUT2D eigenvalue weighted by molar-refractivity contribution is -0.384. The maximum atomic E-state index is 12.2. The quantitative estimate of drug-likeness (QED) is 0.499. The standard InChI is InChI=1S/C17H14N2O5/c1-11-4-2-6-13(8-11)16(20)18-15(17(21)22)10-12-5-3-7-14(9-12)19(23)24/h2-10H,1H3,(H,18,20)(H,21,22). The molecule has 0 saturated carbocycles. The van der Waals surface area contributed by atoms with Crippen molar-refractivity contribution in [3.05, 3.63) is 81.0 Å². The molecule has 24 heavy (non-hydrogen) atoms. The number of hydrogen-bond acceptors (Lipinski definition) is 4. The Morgan fingerprint density at radius 1 is 1.17 bits per heavy atom. The summed E-state index contributed by atoms with van der Waals surface area (Å²) in [7, 11) is 0. The molecule has 2 N–H and O–H groups in total. The van der Waals surface area contributed by atoms with E-state index in [9.17, 15) is 24.8 Å². The van der Waals surface area contributed by atoms with Crippen LogP contribution in [0.2, 0.25) is 0 Å². The van der Waals surface area contributed by atoms with E-state index >= 15 is 0 Å². The van der Waals surface area contributed by atoms with Gasteiger partial charge in [-0.15, -0.1) is 0 Å². The van der Waals surface area contributed by atoms with Gasteiger partial charge >= 0.3 is 5.97 Å². The molecule has 0 atom stereocenters. The molecule has 0 fully saturated rings. The van der Waals surface area contributed by atoms with E-state index in [1.807, 2.05) is 13.0 Å². The topological polar surface area (TPSA) is 110 Å². The number of nitrogens with one attached hydrogen (secondary N) is 1. The van der Waals surface area contributed by atoms with Crippen molar-refractivity contribution < 1.29 is 19.6 Å². The zero-order chi connectivity index (χ0) is 17.7. The maximum absolute atomic E-state index is 12.2. The second-order valence-corrected chi connectivity index (χ2v) is 5.04. The number of carbonyl (C=O) groups excluding carboxylic acids is 1. The lowest BCUT2D eigenvalue weighted by Crippen LogP contribution is -2.27. The van der Waals surface area contributed by atoms with Crippen LogP contribution in [0.15, 0.2) is 54.2 Å². The number of nitro benzene ring substituents is 1. The molecule has 1 amide bonds.